The monoisotopic (exact) mass is 260 g/mol. The van der Waals surface area contributed by atoms with Crippen molar-refractivity contribution < 1.29 is 12.8 Å². The van der Waals surface area contributed by atoms with Gasteiger partial charge in [-0.1, -0.05) is 13.8 Å². The lowest BCUT2D eigenvalue weighted by molar-refractivity contribution is 0.427. The van der Waals surface area contributed by atoms with Gasteiger partial charge in [0.1, 0.15) is 5.82 Å². The molecule has 0 aliphatic heterocycles. The summed E-state index contributed by atoms with van der Waals surface area (Å²) in [5.41, 5.74) is 5.22. The van der Waals surface area contributed by atoms with Gasteiger partial charge in [0.25, 0.3) is 0 Å². The highest BCUT2D eigenvalue weighted by Crippen LogP contribution is 2.20. The van der Waals surface area contributed by atoms with Crippen molar-refractivity contribution >= 4 is 15.7 Å². The fourth-order valence-electron chi connectivity index (χ4n) is 1.53. The molecule has 0 spiro atoms. The molecule has 17 heavy (non-hydrogen) atoms. The van der Waals surface area contributed by atoms with E-state index in [2.05, 4.69) is 0 Å². The minimum atomic E-state index is -3.57. The largest absolute Gasteiger partial charge is 0.396 e. The molecule has 0 heterocycles. The first-order valence-electron chi connectivity index (χ1n) is 5.48. The molecule has 1 rings (SSSR count). The molecule has 0 atom stereocenters. The third-order valence-corrected chi connectivity index (χ3v) is 4.40. The van der Waals surface area contributed by atoms with Gasteiger partial charge >= 0.3 is 0 Å². The highest BCUT2D eigenvalue weighted by atomic mass is 32.2. The van der Waals surface area contributed by atoms with Crippen molar-refractivity contribution in [2.75, 3.05) is 18.8 Å². The topological polar surface area (TPSA) is 63.4 Å². The molecule has 0 aromatic heterocycles. The van der Waals surface area contributed by atoms with E-state index in [-0.39, 0.29) is 10.6 Å². The molecule has 0 aliphatic rings. The van der Waals surface area contributed by atoms with Gasteiger partial charge in [0.2, 0.25) is 10.0 Å². The van der Waals surface area contributed by atoms with Gasteiger partial charge in [0, 0.05) is 13.1 Å². The summed E-state index contributed by atoms with van der Waals surface area (Å²) in [5, 5.41) is 0. The summed E-state index contributed by atoms with van der Waals surface area (Å²) in [5.74, 6) is -0.609. The molecule has 0 unspecified atom stereocenters. The van der Waals surface area contributed by atoms with Crippen molar-refractivity contribution in [3.05, 3.63) is 24.0 Å². The number of hydrogen-bond acceptors (Lipinski definition) is 3. The first kappa shape index (κ1) is 13.9. The first-order valence-corrected chi connectivity index (χ1v) is 6.92. The van der Waals surface area contributed by atoms with E-state index in [0.717, 1.165) is 18.6 Å². The van der Waals surface area contributed by atoms with E-state index < -0.39 is 15.8 Å². The maximum atomic E-state index is 13.0. The van der Waals surface area contributed by atoms with Crippen LogP contribution in [-0.2, 0) is 10.0 Å². The average molecular weight is 260 g/mol. The zero-order chi connectivity index (χ0) is 13.1. The minimum absolute atomic E-state index is 0.0340. The van der Waals surface area contributed by atoms with E-state index in [1.165, 1.54) is 10.4 Å². The van der Waals surface area contributed by atoms with E-state index in [1.807, 2.05) is 6.92 Å². The number of anilines is 1. The van der Waals surface area contributed by atoms with Crippen LogP contribution in [0.25, 0.3) is 0 Å². The Balaban J connectivity index is 3.15. The third-order valence-electron chi connectivity index (χ3n) is 2.43. The Kier molecular flexibility index (Phi) is 4.47. The van der Waals surface area contributed by atoms with Crippen molar-refractivity contribution in [2.24, 2.45) is 0 Å². The zero-order valence-corrected chi connectivity index (χ0v) is 10.8. The van der Waals surface area contributed by atoms with Gasteiger partial charge in [0.15, 0.2) is 0 Å². The molecule has 4 nitrogen and oxygen atoms in total. The Morgan fingerprint density at radius 1 is 1.35 bits per heavy atom. The van der Waals surface area contributed by atoms with Crippen LogP contribution in [0, 0.1) is 5.82 Å². The zero-order valence-electron chi connectivity index (χ0n) is 9.98. The van der Waals surface area contributed by atoms with Crippen LogP contribution in [0.5, 0.6) is 0 Å². The van der Waals surface area contributed by atoms with E-state index in [0.29, 0.717) is 13.1 Å². The highest BCUT2D eigenvalue weighted by Gasteiger charge is 2.22. The minimum Gasteiger partial charge on any atom is -0.396 e. The Morgan fingerprint density at radius 2 is 2.00 bits per heavy atom. The van der Waals surface area contributed by atoms with Gasteiger partial charge in [-0.3, -0.25) is 0 Å². The van der Waals surface area contributed by atoms with Crippen LogP contribution in [0.1, 0.15) is 20.3 Å². The van der Waals surface area contributed by atoms with Crippen molar-refractivity contribution in [2.45, 2.75) is 25.2 Å². The average Bonchev–Trinajstić information content (AvgIpc) is 2.29. The van der Waals surface area contributed by atoms with E-state index in [9.17, 15) is 12.8 Å². The lowest BCUT2D eigenvalue weighted by atomic mass is 10.3. The van der Waals surface area contributed by atoms with Gasteiger partial charge in [-0.15, -0.1) is 0 Å². The molecule has 0 bridgehead atoms. The number of benzene rings is 1. The second kappa shape index (κ2) is 5.46. The van der Waals surface area contributed by atoms with Crippen LogP contribution >= 0.6 is 0 Å². The fourth-order valence-corrected chi connectivity index (χ4v) is 3.11. The Labute approximate surface area is 101 Å². The molecule has 0 amide bonds. The first-order chi connectivity index (χ1) is 7.93. The molecule has 0 aliphatic carbocycles. The molecular formula is C11H17FN2O2S. The number of nitrogens with two attached hydrogens (primary N) is 1. The number of nitrogens with zero attached hydrogens (tertiary/aromatic N) is 1. The predicted molar refractivity (Wildman–Crippen MR) is 65.5 cm³/mol. The highest BCUT2D eigenvalue weighted by molar-refractivity contribution is 7.89. The molecular weight excluding hydrogens is 243 g/mol. The van der Waals surface area contributed by atoms with Crippen LogP contribution in [0.4, 0.5) is 10.1 Å². The molecule has 0 radical (unpaired) electrons. The fraction of sp³-hybridized carbons (Fsp3) is 0.455. The number of rotatable bonds is 5. The summed E-state index contributed by atoms with van der Waals surface area (Å²) in [7, 11) is -3.57. The molecule has 1 aromatic rings. The number of sulfonamides is 1. The van der Waals surface area contributed by atoms with Crippen LogP contribution in [0.3, 0.4) is 0 Å². The van der Waals surface area contributed by atoms with Crippen LogP contribution in [0.2, 0.25) is 0 Å². The molecule has 1 aromatic carbocycles. The van der Waals surface area contributed by atoms with Gasteiger partial charge in [-0.2, -0.15) is 4.31 Å². The van der Waals surface area contributed by atoms with E-state index >= 15 is 0 Å². The Bertz CT molecular complexity index is 488. The SMILES string of the molecule is CCCN(CC)S(=O)(=O)c1ccc(F)c(N)c1. The van der Waals surface area contributed by atoms with Crippen LogP contribution < -0.4 is 5.73 Å². The summed E-state index contributed by atoms with van der Waals surface area (Å²) < 4.78 is 38.7. The van der Waals surface area contributed by atoms with Crippen LogP contribution in [-0.4, -0.2) is 25.8 Å². The molecule has 2 N–H and O–H groups in total. The number of halogens is 1. The van der Waals surface area contributed by atoms with Gasteiger partial charge in [0.05, 0.1) is 10.6 Å². The van der Waals surface area contributed by atoms with Crippen molar-refractivity contribution in [3.63, 3.8) is 0 Å². The lowest BCUT2D eigenvalue weighted by Gasteiger charge is -2.19. The van der Waals surface area contributed by atoms with E-state index in [1.54, 1.807) is 6.92 Å². The molecule has 0 fully saturated rings. The summed E-state index contributed by atoms with van der Waals surface area (Å²) in [4.78, 5) is 0.0340. The van der Waals surface area contributed by atoms with Gasteiger partial charge < -0.3 is 5.73 Å². The second-order valence-corrected chi connectivity index (χ2v) is 5.62. The predicted octanol–water partition coefficient (Wildman–Crippen LogP) is 1.83. The molecule has 0 saturated heterocycles. The summed E-state index contributed by atoms with van der Waals surface area (Å²) >= 11 is 0. The second-order valence-electron chi connectivity index (χ2n) is 3.68. The van der Waals surface area contributed by atoms with Gasteiger partial charge in [-0.05, 0) is 24.6 Å². The smallest absolute Gasteiger partial charge is 0.243 e. The number of nitrogen functional groups attached to an aromatic ring is 1. The van der Waals surface area contributed by atoms with Crippen molar-refractivity contribution in [1.29, 1.82) is 0 Å². The quantitative estimate of drug-likeness (QED) is 0.821. The van der Waals surface area contributed by atoms with Crippen LogP contribution in [0.15, 0.2) is 23.1 Å². The van der Waals surface area contributed by atoms with Gasteiger partial charge in [-0.25, -0.2) is 12.8 Å². The molecule has 96 valence electrons. The molecule has 0 saturated carbocycles. The number of hydrogen-bond donors (Lipinski definition) is 1. The maximum Gasteiger partial charge on any atom is 0.243 e. The standard InChI is InChI=1S/C11H17FN2O2S/c1-3-7-14(4-2)17(15,16)9-5-6-10(12)11(13)8-9/h5-6,8H,3-4,7,13H2,1-2H3. The summed E-state index contributed by atoms with van der Waals surface area (Å²) in [6, 6.07) is 3.46. The Hall–Kier alpha value is -1.14. The van der Waals surface area contributed by atoms with Crippen molar-refractivity contribution in [3.8, 4) is 0 Å². The lowest BCUT2D eigenvalue weighted by Crippen LogP contribution is -2.31. The summed E-state index contributed by atoms with van der Waals surface area (Å²) in [6.45, 7) is 4.49. The molecule has 6 heteroatoms. The normalized spacial score (nSPS) is 12.0. The van der Waals surface area contributed by atoms with E-state index in [4.69, 9.17) is 5.73 Å². The van der Waals surface area contributed by atoms with Crippen molar-refractivity contribution in [1.82, 2.24) is 4.31 Å². The maximum absolute atomic E-state index is 13.0. The Morgan fingerprint density at radius 3 is 2.47 bits per heavy atom. The third kappa shape index (κ3) is 2.95. The summed E-state index contributed by atoms with van der Waals surface area (Å²) in [6.07, 6.45) is 0.726.